The molecule has 7 heteroatoms. The lowest BCUT2D eigenvalue weighted by Gasteiger charge is -2.20. The van der Waals surface area contributed by atoms with Crippen molar-refractivity contribution in [2.45, 2.75) is 26.9 Å². The number of methoxy groups -OCH3 is 1. The zero-order chi connectivity index (χ0) is 19.6. The van der Waals surface area contributed by atoms with Gasteiger partial charge in [0.15, 0.2) is 0 Å². The van der Waals surface area contributed by atoms with Gasteiger partial charge in [-0.3, -0.25) is 19.1 Å². The SMILES string of the molecule is COc1c(C)cnc(CN(C)C(=O)Cn2cnc3ccccc3c2=O)c1C. The minimum Gasteiger partial charge on any atom is -0.496 e. The summed E-state index contributed by atoms with van der Waals surface area (Å²) in [7, 11) is 3.31. The van der Waals surface area contributed by atoms with Gasteiger partial charge in [-0.05, 0) is 26.0 Å². The molecule has 3 rings (SSSR count). The zero-order valence-corrected chi connectivity index (χ0v) is 15.9. The summed E-state index contributed by atoms with van der Waals surface area (Å²) < 4.78 is 6.74. The molecule has 0 aliphatic carbocycles. The first-order valence-electron chi connectivity index (χ1n) is 8.59. The van der Waals surface area contributed by atoms with Gasteiger partial charge in [0.1, 0.15) is 12.3 Å². The van der Waals surface area contributed by atoms with Gasteiger partial charge in [-0.15, -0.1) is 0 Å². The van der Waals surface area contributed by atoms with Crippen molar-refractivity contribution in [3.63, 3.8) is 0 Å². The molecule has 0 N–H and O–H groups in total. The molecule has 0 spiro atoms. The van der Waals surface area contributed by atoms with Crippen LogP contribution in [0.15, 0.2) is 41.6 Å². The average Bonchev–Trinajstić information content (AvgIpc) is 2.66. The highest BCUT2D eigenvalue weighted by atomic mass is 16.5. The Hall–Kier alpha value is -3.22. The van der Waals surface area contributed by atoms with E-state index in [2.05, 4.69) is 9.97 Å². The van der Waals surface area contributed by atoms with Crippen LogP contribution >= 0.6 is 0 Å². The van der Waals surface area contributed by atoms with Crippen LogP contribution in [0.1, 0.15) is 16.8 Å². The number of hydrogen-bond acceptors (Lipinski definition) is 5. The minimum absolute atomic E-state index is 0.0742. The van der Waals surface area contributed by atoms with Crippen molar-refractivity contribution in [1.29, 1.82) is 0 Å². The van der Waals surface area contributed by atoms with E-state index in [1.54, 1.807) is 43.5 Å². The molecule has 0 atom stereocenters. The van der Waals surface area contributed by atoms with Crippen LogP contribution in [0.3, 0.4) is 0 Å². The Kier molecular flexibility index (Phi) is 5.21. The van der Waals surface area contributed by atoms with E-state index in [-0.39, 0.29) is 18.0 Å². The fourth-order valence-corrected chi connectivity index (χ4v) is 3.03. The number of ether oxygens (including phenoxy) is 1. The first-order chi connectivity index (χ1) is 12.9. The number of carbonyl (C=O) groups is 1. The minimum atomic E-state index is -0.228. The summed E-state index contributed by atoms with van der Waals surface area (Å²) in [5.41, 5.74) is 3.00. The second-order valence-electron chi connectivity index (χ2n) is 6.49. The number of aryl methyl sites for hydroxylation is 1. The Labute approximate surface area is 157 Å². The summed E-state index contributed by atoms with van der Waals surface area (Å²) in [5.74, 6) is 0.575. The summed E-state index contributed by atoms with van der Waals surface area (Å²) >= 11 is 0. The van der Waals surface area contributed by atoms with Gasteiger partial charge in [-0.25, -0.2) is 4.98 Å². The molecule has 0 aliphatic rings. The molecule has 7 nitrogen and oxygen atoms in total. The summed E-state index contributed by atoms with van der Waals surface area (Å²) in [6.45, 7) is 4.10. The van der Waals surface area contributed by atoms with Gasteiger partial charge in [0.2, 0.25) is 5.91 Å². The van der Waals surface area contributed by atoms with Crippen molar-refractivity contribution in [2.24, 2.45) is 0 Å². The third kappa shape index (κ3) is 3.67. The van der Waals surface area contributed by atoms with Gasteiger partial charge in [0, 0.05) is 24.4 Å². The monoisotopic (exact) mass is 366 g/mol. The van der Waals surface area contributed by atoms with Crippen molar-refractivity contribution in [3.05, 3.63) is 64.0 Å². The summed E-state index contributed by atoms with van der Waals surface area (Å²) in [4.78, 5) is 35.4. The van der Waals surface area contributed by atoms with E-state index in [1.807, 2.05) is 19.9 Å². The van der Waals surface area contributed by atoms with E-state index >= 15 is 0 Å². The van der Waals surface area contributed by atoms with Crippen molar-refractivity contribution >= 4 is 16.8 Å². The molecule has 0 saturated heterocycles. The molecule has 27 heavy (non-hydrogen) atoms. The topological polar surface area (TPSA) is 77.3 Å². The Morgan fingerprint density at radius 2 is 1.96 bits per heavy atom. The predicted molar refractivity (Wildman–Crippen MR) is 103 cm³/mol. The second-order valence-corrected chi connectivity index (χ2v) is 6.49. The number of likely N-dealkylation sites (N-methyl/N-ethyl adjacent to an activating group) is 1. The Morgan fingerprint density at radius 3 is 2.70 bits per heavy atom. The van der Waals surface area contributed by atoms with Crippen LogP contribution in [0, 0.1) is 13.8 Å². The average molecular weight is 366 g/mol. The lowest BCUT2D eigenvalue weighted by atomic mass is 10.1. The van der Waals surface area contributed by atoms with Crippen molar-refractivity contribution in [2.75, 3.05) is 14.2 Å². The third-order valence-corrected chi connectivity index (χ3v) is 4.60. The van der Waals surface area contributed by atoms with Gasteiger partial charge in [-0.2, -0.15) is 0 Å². The maximum Gasteiger partial charge on any atom is 0.261 e. The number of rotatable bonds is 5. The standard InChI is InChI=1S/C20H22N4O3/c1-13-9-21-17(14(2)19(13)27-4)10-23(3)18(25)11-24-12-22-16-8-6-5-7-15(16)20(24)26/h5-9,12H,10-11H2,1-4H3. The molecule has 0 unspecified atom stereocenters. The largest absolute Gasteiger partial charge is 0.496 e. The lowest BCUT2D eigenvalue weighted by Crippen LogP contribution is -2.34. The van der Waals surface area contributed by atoms with E-state index in [0.717, 1.165) is 22.6 Å². The number of para-hydroxylation sites is 1. The first-order valence-corrected chi connectivity index (χ1v) is 8.59. The van der Waals surface area contributed by atoms with E-state index in [9.17, 15) is 9.59 Å². The van der Waals surface area contributed by atoms with Crippen LogP contribution in [0.2, 0.25) is 0 Å². The number of amides is 1. The molecule has 0 aliphatic heterocycles. The molecule has 0 bridgehead atoms. The number of hydrogen-bond donors (Lipinski definition) is 0. The Balaban J connectivity index is 1.79. The van der Waals surface area contributed by atoms with Gasteiger partial charge in [-0.1, -0.05) is 12.1 Å². The van der Waals surface area contributed by atoms with E-state index in [0.29, 0.717) is 17.4 Å². The molecule has 1 amide bonds. The van der Waals surface area contributed by atoms with Gasteiger partial charge in [0.05, 0.1) is 36.6 Å². The van der Waals surface area contributed by atoms with Crippen molar-refractivity contribution in [3.8, 4) is 5.75 Å². The number of aromatic nitrogens is 3. The Morgan fingerprint density at radius 1 is 1.22 bits per heavy atom. The highest BCUT2D eigenvalue weighted by Gasteiger charge is 2.16. The molecule has 140 valence electrons. The van der Waals surface area contributed by atoms with Crippen LogP contribution in [-0.4, -0.2) is 39.5 Å². The van der Waals surface area contributed by atoms with Crippen LogP contribution < -0.4 is 10.3 Å². The smallest absolute Gasteiger partial charge is 0.261 e. The second kappa shape index (κ2) is 7.57. The maximum atomic E-state index is 12.6. The van der Waals surface area contributed by atoms with Gasteiger partial charge >= 0.3 is 0 Å². The fraction of sp³-hybridized carbons (Fsp3) is 0.300. The number of pyridine rings is 1. The number of fused-ring (bicyclic) bond motifs is 1. The van der Waals surface area contributed by atoms with Crippen LogP contribution in [-0.2, 0) is 17.9 Å². The summed E-state index contributed by atoms with van der Waals surface area (Å²) in [5, 5.41) is 0.497. The molecule has 3 aromatic rings. The van der Waals surface area contributed by atoms with Gasteiger partial charge < -0.3 is 9.64 Å². The molecule has 2 heterocycles. The fourth-order valence-electron chi connectivity index (χ4n) is 3.03. The van der Waals surface area contributed by atoms with E-state index in [4.69, 9.17) is 4.74 Å². The molecule has 1 aromatic carbocycles. The quantitative estimate of drug-likeness (QED) is 0.691. The molecule has 0 fully saturated rings. The van der Waals surface area contributed by atoms with Crippen LogP contribution in [0.4, 0.5) is 0 Å². The summed E-state index contributed by atoms with van der Waals surface area (Å²) in [6.07, 6.45) is 3.14. The number of carbonyl (C=O) groups excluding carboxylic acids is 1. The highest BCUT2D eigenvalue weighted by molar-refractivity contribution is 5.78. The normalized spacial score (nSPS) is 10.8. The highest BCUT2D eigenvalue weighted by Crippen LogP contribution is 2.24. The predicted octanol–water partition coefficient (Wildman–Crippen LogP) is 2.08. The molecule has 0 saturated carbocycles. The van der Waals surface area contributed by atoms with E-state index < -0.39 is 0 Å². The lowest BCUT2D eigenvalue weighted by molar-refractivity contribution is -0.131. The number of nitrogens with zero attached hydrogens (tertiary/aromatic N) is 4. The zero-order valence-electron chi connectivity index (χ0n) is 15.9. The van der Waals surface area contributed by atoms with Crippen LogP contribution in [0.25, 0.3) is 10.9 Å². The van der Waals surface area contributed by atoms with Gasteiger partial charge in [0.25, 0.3) is 5.56 Å². The van der Waals surface area contributed by atoms with E-state index in [1.165, 1.54) is 10.9 Å². The van der Waals surface area contributed by atoms with Crippen LogP contribution in [0.5, 0.6) is 5.75 Å². The molecule has 0 radical (unpaired) electrons. The third-order valence-electron chi connectivity index (χ3n) is 4.60. The molecular weight excluding hydrogens is 344 g/mol. The first kappa shape index (κ1) is 18.6. The molecular formula is C20H22N4O3. The van der Waals surface area contributed by atoms with Crippen molar-refractivity contribution < 1.29 is 9.53 Å². The molecule has 2 aromatic heterocycles. The Bertz CT molecular complexity index is 1060. The summed E-state index contributed by atoms with van der Waals surface area (Å²) in [6, 6.07) is 7.08. The number of benzene rings is 1. The van der Waals surface area contributed by atoms with Crippen molar-refractivity contribution in [1.82, 2.24) is 19.4 Å². The maximum absolute atomic E-state index is 12.6.